The second-order valence-corrected chi connectivity index (χ2v) is 7.12. The van der Waals surface area contributed by atoms with E-state index in [1.807, 2.05) is 48.8 Å². The van der Waals surface area contributed by atoms with E-state index < -0.39 is 4.92 Å². The lowest BCUT2D eigenvalue weighted by molar-refractivity contribution is -0.385. The Balaban J connectivity index is 1.44. The van der Waals surface area contributed by atoms with E-state index in [2.05, 4.69) is 20.9 Å². The lowest BCUT2D eigenvalue weighted by atomic mass is 10.1. The van der Waals surface area contributed by atoms with E-state index in [1.54, 1.807) is 6.92 Å². The summed E-state index contributed by atoms with van der Waals surface area (Å²) in [6, 6.07) is 20.4. The lowest BCUT2D eigenvalue weighted by Gasteiger charge is -2.09. The maximum absolute atomic E-state index is 12.4. The number of benzene rings is 3. The summed E-state index contributed by atoms with van der Waals surface area (Å²) in [5.41, 5.74) is 4.98. The van der Waals surface area contributed by atoms with Crippen molar-refractivity contribution >= 4 is 22.6 Å². The van der Waals surface area contributed by atoms with Gasteiger partial charge in [0.2, 0.25) is 0 Å². The largest absolute Gasteiger partial charge is 0.348 e. The number of fused-ring (bicyclic) bond motifs is 1. The van der Waals surface area contributed by atoms with Gasteiger partial charge in [-0.1, -0.05) is 36.4 Å². The van der Waals surface area contributed by atoms with E-state index in [0.717, 1.165) is 22.2 Å². The molecule has 0 fully saturated rings. The molecule has 7 nitrogen and oxygen atoms in total. The fourth-order valence-corrected chi connectivity index (χ4v) is 3.46. The van der Waals surface area contributed by atoms with Gasteiger partial charge >= 0.3 is 0 Å². The zero-order chi connectivity index (χ0) is 21.1. The number of amides is 1. The van der Waals surface area contributed by atoms with Crippen molar-refractivity contribution in [2.24, 2.45) is 0 Å². The van der Waals surface area contributed by atoms with Gasteiger partial charge in [-0.3, -0.25) is 14.9 Å². The number of para-hydroxylation sites is 2. The molecule has 0 unspecified atom stereocenters. The fraction of sp³-hybridized carbons (Fsp3) is 0.130. The summed E-state index contributed by atoms with van der Waals surface area (Å²) in [6.07, 6.45) is 1.83. The predicted octanol–water partition coefficient (Wildman–Crippen LogP) is 4.23. The highest BCUT2D eigenvalue weighted by molar-refractivity contribution is 5.94. The van der Waals surface area contributed by atoms with Crippen LogP contribution in [-0.4, -0.2) is 20.4 Å². The number of carbonyl (C=O) groups is 1. The Kier molecular flexibility index (Phi) is 5.26. The highest BCUT2D eigenvalue weighted by atomic mass is 16.6. The Morgan fingerprint density at radius 2 is 1.87 bits per heavy atom. The van der Waals surface area contributed by atoms with Crippen LogP contribution in [0.15, 0.2) is 73.1 Å². The first-order valence-electron chi connectivity index (χ1n) is 9.52. The lowest BCUT2D eigenvalue weighted by Crippen LogP contribution is -2.23. The summed E-state index contributed by atoms with van der Waals surface area (Å²) in [5.74, 6) is -0.265. The van der Waals surface area contributed by atoms with E-state index in [9.17, 15) is 14.9 Å². The van der Waals surface area contributed by atoms with Crippen LogP contribution in [0.4, 0.5) is 5.69 Å². The summed E-state index contributed by atoms with van der Waals surface area (Å²) in [7, 11) is 0. The third kappa shape index (κ3) is 4.05. The van der Waals surface area contributed by atoms with Crippen LogP contribution < -0.4 is 5.32 Å². The van der Waals surface area contributed by atoms with Crippen molar-refractivity contribution in [1.29, 1.82) is 0 Å². The number of hydrogen-bond acceptors (Lipinski definition) is 4. The SMILES string of the molecule is Cc1cc(C(=O)NCc2cccc(Cn3cnc4ccccc43)c2)ccc1[N+](=O)[O-]. The van der Waals surface area contributed by atoms with Crippen molar-refractivity contribution < 1.29 is 9.72 Å². The number of rotatable bonds is 6. The minimum atomic E-state index is -0.452. The van der Waals surface area contributed by atoms with Crippen molar-refractivity contribution in [3.05, 3.63) is 105 Å². The monoisotopic (exact) mass is 400 g/mol. The van der Waals surface area contributed by atoms with Crippen LogP contribution in [0, 0.1) is 17.0 Å². The van der Waals surface area contributed by atoms with E-state index >= 15 is 0 Å². The van der Waals surface area contributed by atoms with Gasteiger partial charge < -0.3 is 9.88 Å². The molecule has 0 saturated heterocycles. The van der Waals surface area contributed by atoms with Gasteiger partial charge in [-0.25, -0.2) is 4.98 Å². The van der Waals surface area contributed by atoms with Crippen molar-refractivity contribution in [3.8, 4) is 0 Å². The molecule has 150 valence electrons. The van der Waals surface area contributed by atoms with Crippen LogP contribution in [0.2, 0.25) is 0 Å². The summed E-state index contributed by atoms with van der Waals surface area (Å²) in [5, 5.41) is 13.8. The van der Waals surface area contributed by atoms with Crippen LogP contribution in [0.5, 0.6) is 0 Å². The highest BCUT2D eigenvalue weighted by Crippen LogP contribution is 2.19. The zero-order valence-corrected chi connectivity index (χ0v) is 16.4. The number of nitro groups is 1. The molecule has 3 aromatic carbocycles. The number of nitro benzene ring substituents is 1. The molecule has 0 radical (unpaired) electrons. The Hall–Kier alpha value is -4.00. The summed E-state index contributed by atoms with van der Waals surface area (Å²) in [4.78, 5) is 27.3. The molecule has 0 aliphatic carbocycles. The average molecular weight is 400 g/mol. The third-order valence-electron chi connectivity index (χ3n) is 4.98. The normalized spacial score (nSPS) is 10.8. The van der Waals surface area contributed by atoms with Crippen LogP contribution in [0.3, 0.4) is 0 Å². The van der Waals surface area contributed by atoms with E-state index in [1.165, 1.54) is 18.2 Å². The average Bonchev–Trinajstić information content (AvgIpc) is 3.15. The second-order valence-electron chi connectivity index (χ2n) is 7.12. The first-order chi connectivity index (χ1) is 14.5. The minimum Gasteiger partial charge on any atom is -0.348 e. The minimum absolute atomic E-state index is 0.00581. The molecule has 0 aliphatic heterocycles. The molecule has 1 heterocycles. The van der Waals surface area contributed by atoms with Gasteiger partial charge in [-0.15, -0.1) is 0 Å². The molecular weight excluding hydrogens is 380 g/mol. The Bertz CT molecular complexity index is 1250. The molecule has 7 heteroatoms. The Morgan fingerprint density at radius 1 is 1.07 bits per heavy atom. The molecule has 0 atom stereocenters. The predicted molar refractivity (Wildman–Crippen MR) is 114 cm³/mol. The molecule has 1 amide bonds. The number of aryl methyl sites for hydroxylation is 1. The standard InChI is InChI=1S/C23H20N4O3/c1-16-11-19(9-10-21(16)27(29)30)23(28)24-13-17-5-4-6-18(12-17)14-26-15-25-20-7-2-3-8-22(20)26/h2-12,15H,13-14H2,1H3,(H,24,28). The van der Waals surface area contributed by atoms with Crippen molar-refractivity contribution in [2.75, 3.05) is 0 Å². The van der Waals surface area contributed by atoms with Gasteiger partial charge in [0, 0.05) is 30.3 Å². The molecule has 30 heavy (non-hydrogen) atoms. The van der Waals surface area contributed by atoms with Gasteiger partial charge in [-0.05, 0) is 42.3 Å². The molecule has 1 aromatic heterocycles. The maximum atomic E-state index is 12.4. The fourth-order valence-electron chi connectivity index (χ4n) is 3.46. The van der Waals surface area contributed by atoms with Crippen LogP contribution in [0.1, 0.15) is 27.0 Å². The topological polar surface area (TPSA) is 90.1 Å². The van der Waals surface area contributed by atoms with Crippen molar-refractivity contribution in [2.45, 2.75) is 20.0 Å². The zero-order valence-electron chi connectivity index (χ0n) is 16.4. The number of hydrogen-bond donors (Lipinski definition) is 1. The summed E-state index contributed by atoms with van der Waals surface area (Å²) >= 11 is 0. The molecule has 0 bridgehead atoms. The number of imidazole rings is 1. The molecular formula is C23H20N4O3. The highest BCUT2D eigenvalue weighted by Gasteiger charge is 2.13. The quantitative estimate of drug-likeness (QED) is 0.387. The van der Waals surface area contributed by atoms with Gasteiger partial charge in [-0.2, -0.15) is 0 Å². The van der Waals surface area contributed by atoms with E-state index in [0.29, 0.717) is 24.2 Å². The second kappa shape index (κ2) is 8.16. The van der Waals surface area contributed by atoms with Gasteiger partial charge in [0.05, 0.1) is 22.3 Å². The number of aromatic nitrogens is 2. The van der Waals surface area contributed by atoms with Crippen molar-refractivity contribution in [1.82, 2.24) is 14.9 Å². The van der Waals surface area contributed by atoms with Gasteiger partial charge in [0.1, 0.15) is 0 Å². The van der Waals surface area contributed by atoms with E-state index in [-0.39, 0.29) is 11.6 Å². The first kappa shape index (κ1) is 19.3. The van der Waals surface area contributed by atoms with Gasteiger partial charge in [0.25, 0.3) is 11.6 Å². The summed E-state index contributed by atoms with van der Waals surface area (Å²) < 4.78 is 2.09. The molecule has 4 rings (SSSR count). The first-order valence-corrected chi connectivity index (χ1v) is 9.52. The number of nitrogens with zero attached hydrogens (tertiary/aromatic N) is 3. The van der Waals surface area contributed by atoms with Gasteiger partial charge in [0.15, 0.2) is 0 Å². The summed E-state index contributed by atoms with van der Waals surface area (Å²) in [6.45, 7) is 2.68. The van der Waals surface area contributed by atoms with Crippen molar-refractivity contribution in [3.63, 3.8) is 0 Å². The molecule has 0 spiro atoms. The van der Waals surface area contributed by atoms with Crippen LogP contribution in [0.25, 0.3) is 11.0 Å². The van der Waals surface area contributed by atoms with Crippen LogP contribution in [-0.2, 0) is 13.1 Å². The molecule has 1 N–H and O–H groups in total. The molecule has 0 saturated carbocycles. The molecule has 4 aromatic rings. The van der Waals surface area contributed by atoms with Crippen LogP contribution >= 0.6 is 0 Å². The smallest absolute Gasteiger partial charge is 0.272 e. The number of nitrogens with one attached hydrogen (secondary N) is 1. The molecule has 0 aliphatic rings. The Morgan fingerprint density at radius 3 is 2.67 bits per heavy atom. The maximum Gasteiger partial charge on any atom is 0.272 e. The van der Waals surface area contributed by atoms with E-state index in [4.69, 9.17) is 0 Å². The third-order valence-corrected chi connectivity index (χ3v) is 4.98. The number of carbonyl (C=O) groups excluding carboxylic acids is 1. The Labute approximate surface area is 173 Å².